The zero-order valence-electron chi connectivity index (χ0n) is 11.8. The fraction of sp³-hybridized carbons (Fsp3) is 0.571. The van der Waals surface area contributed by atoms with E-state index in [1.54, 1.807) is 6.07 Å². The highest BCUT2D eigenvalue weighted by molar-refractivity contribution is 5.68. The zero-order valence-corrected chi connectivity index (χ0v) is 11.8. The van der Waals surface area contributed by atoms with Gasteiger partial charge in [-0.2, -0.15) is 0 Å². The molecule has 1 aliphatic rings. The molecular weight excluding hydrogens is 260 g/mol. The van der Waals surface area contributed by atoms with Gasteiger partial charge in [-0.15, -0.1) is 0 Å². The number of nitrogens with one attached hydrogen (secondary N) is 1. The van der Waals surface area contributed by atoms with E-state index in [1.165, 1.54) is 46.0 Å². The highest BCUT2D eigenvalue weighted by atomic mass is 16.6. The Morgan fingerprint density at radius 1 is 1.25 bits per heavy atom. The first-order chi connectivity index (χ1) is 9.65. The largest absolute Gasteiger partial charge is 0.493 e. The number of nitro groups is 1. The summed E-state index contributed by atoms with van der Waals surface area (Å²) in [7, 11) is 2.98. The van der Waals surface area contributed by atoms with Crippen LogP contribution in [0.4, 0.5) is 11.4 Å². The quantitative estimate of drug-likeness (QED) is 0.639. The Bertz CT molecular complexity index is 484. The number of ether oxygens (including phenoxy) is 2. The van der Waals surface area contributed by atoms with Crippen LogP contribution in [0.15, 0.2) is 12.1 Å². The van der Waals surface area contributed by atoms with Gasteiger partial charge in [-0.05, 0) is 18.8 Å². The third-order valence-electron chi connectivity index (χ3n) is 3.75. The summed E-state index contributed by atoms with van der Waals surface area (Å²) in [6, 6.07) is 3.03. The van der Waals surface area contributed by atoms with Crippen molar-refractivity contribution in [2.24, 2.45) is 5.92 Å². The van der Waals surface area contributed by atoms with Crippen molar-refractivity contribution in [2.45, 2.75) is 25.7 Å². The maximum absolute atomic E-state index is 11.2. The first-order valence-electron chi connectivity index (χ1n) is 6.80. The summed E-state index contributed by atoms with van der Waals surface area (Å²) in [5.41, 5.74) is 0.500. The molecule has 0 aliphatic heterocycles. The Morgan fingerprint density at radius 3 is 2.40 bits per heavy atom. The van der Waals surface area contributed by atoms with Crippen LogP contribution in [0.3, 0.4) is 0 Å². The van der Waals surface area contributed by atoms with Crippen LogP contribution < -0.4 is 14.8 Å². The van der Waals surface area contributed by atoms with E-state index < -0.39 is 4.92 Å². The first kappa shape index (κ1) is 14.4. The van der Waals surface area contributed by atoms with Crippen molar-refractivity contribution in [3.05, 3.63) is 22.2 Å². The minimum atomic E-state index is -0.404. The van der Waals surface area contributed by atoms with E-state index in [-0.39, 0.29) is 5.69 Å². The maximum Gasteiger partial charge on any atom is 0.296 e. The molecule has 1 saturated carbocycles. The van der Waals surface area contributed by atoms with Crippen LogP contribution >= 0.6 is 0 Å². The van der Waals surface area contributed by atoms with Gasteiger partial charge in [0.15, 0.2) is 11.5 Å². The molecule has 20 heavy (non-hydrogen) atoms. The molecule has 0 radical (unpaired) electrons. The van der Waals surface area contributed by atoms with Gasteiger partial charge in [-0.3, -0.25) is 10.1 Å². The van der Waals surface area contributed by atoms with Gasteiger partial charge in [-0.1, -0.05) is 12.8 Å². The average Bonchev–Trinajstić information content (AvgIpc) is 2.97. The summed E-state index contributed by atoms with van der Waals surface area (Å²) < 4.78 is 10.3. The van der Waals surface area contributed by atoms with Crippen LogP contribution in [0.1, 0.15) is 25.7 Å². The van der Waals surface area contributed by atoms with Gasteiger partial charge in [0.1, 0.15) is 5.69 Å². The molecule has 1 aromatic carbocycles. The van der Waals surface area contributed by atoms with E-state index in [0.29, 0.717) is 23.1 Å². The standard InChI is InChI=1S/C14H20N2O4/c1-19-13-7-11(15-9-10-5-3-4-6-10)12(16(17)18)8-14(13)20-2/h7-8,10,15H,3-6,9H2,1-2H3. The summed E-state index contributed by atoms with van der Waals surface area (Å²) in [6.45, 7) is 0.760. The summed E-state index contributed by atoms with van der Waals surface area (Å²) in [5, 5.41) is 14.3. The molecule has 1 fully saturated rings. The van der Waals surface area contributed by atoms with Crippen molar-refractivity contribution >= 4 is 11.4 Å². The van der Waals surface area contributed by atoms with Crippen molar-refractivity contribution in [2.75, 3.05) is 26.1 Å². The number of rotatable bonds is 6. The lowest BCUT2D eigenvalue weighted by Gasteiger charge is -2.14. The summed E-state index contributed by atoms with van der Waals surface area (Å²) in [4.78, 5) is 10.8. The molecule has 110 valence electrons. The Morgan fingerprint density at radius 2 is 1.85 bits per heavy atom. The van der Waals surface area contributed by atoms with Gasteiger partial charge >= 0.3 is 0 Å². The van der Waals surface area contributed by atoms with Gasteiger partial charge in [0, 0.05) is 12.6 Å². The Kier molecular flexibility index (Phi) is 4.65. The molecular formula is C14H20N2O4. The molecule has 6 heteroatoms. The molecule has 0 bridgehead atoms. The molecule has 6 nitrogen and oxygen atoms in total. The second-order valence-electron chi connectivity index (χ2n) is 5.01. The Hall–Kier alpha value is -1.98. The number of methoxy groups -OCH3 is 2. The normalized spacial score (nSPS) is 15.1. The molecule has 0 heterocycles. The summed E-state index contributed by atoms with van der Waals surface area (Å²) >= 11 is 0. The number of anilines is 1. The van der Waals surface area contributed by atoms with E-state index in [9.17, 15) is 10.1 Å². The van der Waals surface area contributed by atoms with E-state index in [2.05, 4.69) is 5.32 Å². The monoisotopic (exact) mass is 280 g/mol. The van der Waals surface area contributed by atoms with Crippen molar-refractivity contribution < 1.29 is 14.4 Å². The minimum Gasteiger partial charge on any atom is -0.493 e. The van der Waals surface area contributed by atoms with Gasteiger partial charge < -0.3 is 14.8 Å². The van der Waals surface area contributed by atoms with E-state index >= 15 is 0 Å². The predicted octanol–water partition coefficient (Wildman–Crippen LogP) is 3.21. The van der Waals surface area contributed by atoms with Crippen LogP contribution in [0.25, 0.3) is 0 Å². The van der Waals surface area contributed by atoms with E-state index in [1.807, 2.05) is 0 Å². The highest BCUT2D eigenvalue weighted by Gasteiger charge is 2.21. The molecule has 1 aliphatic carbocycles. The number of nitro benzene ring substituents is 1. The van der Waals surface area contributed by atoms with Crippen molar-refractivity contribution in [1.29, 1.82) is 0 Å². The summed E-state index contributed by atoms with van der Waals surface area (Å²) in [6.07, 6.45) is 4.88. The number of hydrogen-bond donors (Lipinski definition) is 1. The molecule has 0 unspecified atom stereocenters. The molecule has 2 rings (SSSR count). The molecule has 1 aromatic rings. The van der Waals surface area contributed by atoms with Crippen LogP contribution in [0.2, 0.25) is 0 Å². The van der Waals surface area contributed by atoms with Gasteiger partial charge in [0.2, 0.25) is 0 Å². The summed E-state index contributed by atoms with van der Waals surface area (Å²) in [5.74, 6) is 1.46. The maximum atomic E-state index is 11.2. The van der Waals surface area contributed by atoms with Gasteiger partial charge in [0.25, 0.3) is 5.69 Å². The molecule has 0 amide bonds. The molecule has 0 spiro atoms. The van der Waals surface area contributed by atoms with Crippen LogP contribution in [-0.2, 0) is 0 Å². The smallest absolute Gasteiger partial charge is 0.296 e. The van der Waals surface area contributed by atoms with E-state index in [0.717, 1.165) is 6.54 Å². The topological polar surface area (TPSA) is 73.6 Å². The average molecular weight is 280 g/mol. The van der Waals surface area contributed by atoms with Crippen LogP contribution in [0.5, 0.6) is 11.5 Å². The van der Waals surface area contributed by atoms with Gasteiger partial charge in [-0.25, -0.2) is 0 Å². The third-order valence-corrected chi connectivity index (χ3v) is 3.75. The number of benzene rings is 1. The third kappa shape index (κ3) is 3.12. The molecule has 0 saturated heterocycles. The number of hydrogen-bond acceptors (Lipinski definition) is 5. The molecule has 0 atom stereocenters. The SMILES string of the molecule is COc1cc(NCC2CCCC2)c([N+](=O)[O-])cc1OC. The molecule has 1 N–H and O–H groups in total. The second kappa shape index (κ2) is 6.45. The lowest BCUT2D eigenvalue weighted by molar-refractivity contribution is -0.384. The Labute approximate surface area is 118 Å². The second-order valence-corrected chi connectivity index (χ2v) is 5.01. The fourth-order valence-corrected chi connectivity index (χ4v) is 2.63. The van der Waals surface area contributed by atoms with Crippen LogP contribution in [0, 0.1) is 16.0 Å². The fourth-order valence-electron chi connectivity index (χ4n) is 2.63. The van der Waals surface area contributed by atoms with Gasteiger partial charge in [0.05, 0.1) is 25.2 Å². The van der Waals surface area contributed by atoms with Crippen molar-refractivity contribution in [1.82, 2.24) is 0 Å². The van der Waals surface area contributed by atoms with E-state index in [4.69, 9.17) is 9.47 Å². The molecule has 0 aromatic heterocycles. The lowest BCUT2D eigenvalue weighted by atomic mass is 10.1. The zero-order chi connectivity index (χ0) is 14.5. The lowest BCUT2D eigenvalue weighted by Crippen LogP contribution is -2.12. The minimum absolute atomic E-state index is 0.0145. The predicted molar refractivity (Wildman–Crippen MR) is 76.6 cm³/mol. The van der Waals surface area contributed by atoms with Crippen molar-refractivity contribution in [3.8, 4) is 11.5 Å². The van der Waals surface area contributed by atoms with Crippen molar-refractivity contribution in [3.63, 3.8) is 0 Å². The first-order valence-corrected chi connectivity index (χ1v) is 6.80. The highest BCUT2D eigenvalue weighted by Crippen LogP contribution is 2.38. The Balaban J connectivity index is 2.21. The van der Waals surface area contributed by atoms with Crippen LogP contribution in [-0.4, -0.2) is 25.7 Å². The number of nitrogens with zero attached hydrogens (tertiary/aromatic N) is 1.